The molecule has 1 heterocycles. The van der Waals surface area contributed by atoms with Gasteiger partial charge in [-0.25, -0.2) is 0 Å². The maximum absolute atomic E-state index is 11.9. The molecule has 0 aliphatic heterocycles. The van der Waals surface area contributed by atoms with Crippen LogP contribution in [0.1, 0.15) is 10.4 Å². The van der Waals surface area contributed by atoms with E-state index >= 15 is 0 Å². The second-order valence-electron chi connectivity index (χ2n) is 3.68. The van der Waals surface area contributed by atoms with E-state index in [9.17, 15) is 9.59 Å². The number of aromatic nitrogens is 1. The summed E-state index contributed by atoms with van der Waals surface area (Å²) in [5.74, 6) is -1.18. The van der Waals surface area contributed by atoms with Crippen molar-refractivity contribution in [1.82, 2.24) is 4.98 Å². The van der Waals surface area contributed by atoms with Crippen molar-refractivity contribution < 1.29 is 9.59 Å². The maximum atomic E-state index is 11.9. The van der Waals surface area contributed by atoms with Gasteiger partial charge in [0.2, 0.25) is 11.6 Å². The van der Waals surface area contributed by atoms with E-state index in [-0.39, 0.29) is 0 Å². The number of allylic oxidation sites excluding steroid dienone is 1. The van der Waals surface area contributed by atoms with Crippen LogP contribution in [0.15, 0.2) is 61.4 Å². The predicted molar refractivity (Wildman–Crippen MR) is 69.2 cm³/mol. The first-order valence-electron chi connectivity index (χ1n) is 5.44. The molecule has 3 heteroatoms. The second-order valence-corrected chi connectivity index (χ2v) is 3.68. The highest BCUT2D eigenvalue weighted by Gasteiger charge is 2.17. The zero-order chi connectivity index (χ0) is 13.0. The van der Waals surface area contributed by atoms with Crippen molar-refractivity contribution in [2.45, 2.75) is 0 Å². The van der Waals surface area contributed by atoms with Gasteiger partial charge in [-0.15, -0.1) is 0 Å². The first kappa shape index (κ1) is 11.9. The Bertz CT molecular complexity index is 603. The quantitative estimate of drug-likeness (QED) is 0.466. The van der Waals surface area contributed by atoms with E-state index in [1.165, 1.54) is 6.20 Å². The molecule has 2 aromatic rings. The number of rotatable bonds is 4. The van der Waals surface area contributed by atoms with Crippen LogP contribution in [0.4, 0.5) is 0 Å². The van der Waals surface area contributed by atoms with E-state index in [0.717, 1.165) is 11.6 Å². The van der Waals surface area contributed by atoms with Crippen LogP contribution in [0, 0.1) is 0 Å². The number of pyridine rings is 1. The number of ketones is 2. The van der Waals surface area contributed by atoms with Crippen molar-refractivity contribution in [3.63, 3.8) is 0 Å². The van der Waals surface area contributed by atoms with E-state index in [1.807, 2.05) is 30.3 Å². The summed E-state index contributed by atoms with van der Waals surface area (Å²) in [7, 11) is 0. The van der Waals surface area contributed by atoms with Gasteiger partial charge in [0.15, 0.2) is 0 Å². The lowest BCUT2D eigenvalue weighted by Crippen LogP contribution is -2.12. The van der Waals surface area contributed by atoms with Gasteiger partial charge in [0.05, 0.1) is 0 Å². The third-order valence-electron chi connectivity index (χ3n) is 2.56. The predicted octanol–water partition coefficient (Wildman–Crippen LogP) is 2.69. The van der Waals surface area contributed by atoms with E-state index in [4.69, 9.17) is 0 Å². The van der Waals surface area contributed by atoms with Gasteiger partial charge in [-0.3, -0.25) is 14.6 Å². The minimum atomic E-state index is -0.613. The fraction of sp³-hybridized carbons (Fsp3) is 0. The highest BCUT2D eigenvalue weighted by atomic mass is 16.2. The number of carbonyl (C=O) groups excluding carboxylic acids is 2. The summed E-state index contributed by atoms with van der Waals surface area (Å²) < 4.78 is 0. The second kappa shape index (κ2) is 5.19. The summed E-state index contributed by atoms with van der Waals surface area (Å²) in [5, 5.41) is 0. The molecule has 0 radical (unpaired) electrons. The molecular weight excluding hydrogens is 226 g/mol. The molecule has 0 saturated heterocycles. The van der Waals surface area contributed by atoms with Crippen LogP contribution >= 0.6 is 0 Å². The molecule has 1 aromatic heterocycles. The average Bonchev–Trinajstić information content (AvgIpc) is 2.46. The highest BCUT2D eigenvalue weighted by molar-refractivity contribution is 6.48. The number of hydrogen-bond donors (Lipinski definition) is 0. The van der Waals surface area contributed by atoms with Crippen LogP contribution in [0.25, 0.3) is 11.1 Å². The summed E-state index contributed by atoms with van der Waals surface area (Å²) in [6.45, 7) is 3.32. The fourth-order valence-electron chi connectivity index (χ4n) is 1.67. The summed E-state index contributed by atoms with van der Waals surface area (Å²) in [5.41, 5.74) is 1.85. The molecule has 0 unspecified atom stereocenters. The molecule has 0 aliphatic carbocycles. The Morgan fingerprint density at radius 1 is 1.11 bits per heavy atom. The van der Waals surface area contributed by atoms with Crippen LogP contribution in [0.2, 0.25) is 0 Å². The normalized spacial score (nSPS) is 9.78. The first-order valence-corrected chi connectivity index (χ1v) is 5.44. The Morgan fingerprint density at radius 3 is 2.50 bits per heavy atom. The van der Waals surface area contributed by atoms with Gasteiger partial charge in [-0.2, -0.15) is 0 Å². The van der Waals surface area contributed by atoms with Gasteiger partial charge in [-0.1, -0.05) is 36.9 Å². The summed E-state index contributed by atoms with van der Waals surface area (Å²) in [6.07, 6.45) is 4.10. The van der Waals surface area contributed by atoms with E-state index in [2.05, 4.69) is 11.6 Å². The average molecular weight is 237 g/mol. The zero-order valence-electron chi connectivity index (χ0n) is 9.67. The lowest BCUT2D eigenvalue weighted by molar-refractivity contribution is -0.110. The van der Waals surface area contributed by atoms with Crippen molar-refractivity contribution in [3.05, 3.63) is 67.0 Å². The molecule has 3 nitrogen and oxygen atoms in total. The number of carbonyl (C=O) groups is 2. The molecule has 18 heavy (non-hydrogen) atoms. The summed E-state index contributed by atoms with van der Waals surface area (Å²) in [4.78, 5) is 27.3. The molecule has 0 amide bonds. The molecule has 0 fully saturated rings. The Morgan fingerprint density at radius 2 is 1.83 bits per heavy atom. The van der Waals surface area contributed by atoms with Gasteiger partial charge in [0, 0.05) is 23.5 Å². The fourth-order valence-corrected chi connectivity index (χ4v) is 1.67. The molecular formula is C15H11NO2. The largest absolute Gasteiger partial charge is 0.286 e. The van der Waals surface area contributed by atoms with Crippen molar-refractivity contribution in [3.8, 4) is 11.1 Å². The molecule has 2 rings (SSSR count). The molecule has 0 N–H and O–H groups in total. The van der Waals surface area contributed by atoms with Gasteiger partial charge in [0.1, 0.15) is 0 Å². The monoisotopic (exact) mass is 237 g/mol. The standard InChI is InChI=1S/C15H11NO2/c1-2-14(17)15(18)12-8-9-16-10-13(12)11-6-4-3-5-7-11/h2-10H,1H2. The maximum Gasteiger partial charge on any atom is 0.233 e. The molecule has 0 spiro atoms. The number of hydrogen-bond acceptors (Lipinski definition) is 3. The van der Waals surface area contributed by atoms with Gasteiger partial charge < -0.3 is 0 Å². The lowest BCUT2D eigenvalue weighted by atomic mass is 9.97. The van der Waals surface area contributed by atoms with Crippen LogP contribution in [-0.2, 0) is 4.79 Å². The van der Waals surface area contributed by atoms with Gasteiger partial charge >= 0.3 is 0 Å². The number of nitrogens with zero attached hydrogens (tertiary/aromatic N) is 1. The minimum absolute atomic E-state index is 0.348. The van der Waals surface area contributed by atoms with Gasteiger partial charge in [-0.05, 0) is 17.7 Å². The molecule has 0 aliphatic rings. The summed E-state index contributed by atoms with van der Waals surface area (Å²) >= 11 is 0. The van der Waals surface area contributed by atoms with Crippen molar-refractivity contribution in [1.29, 1.82) is 0 Å². The van der Waals surface area contributed by atoms with Crippen molar-refractivity contribution in [2.75, 3.05) is 0 Å². The van der Waals surface area contributed by atoms with E-state index in [0.29, 0.717) is 11.1 Å². The number of Topliss-reactive ketones (excluding diaryl/α,β-unsaturated/α-hetero) is 1. The SMILES string of the molecule is C=CC(=O)C(=O)c1ccncc1-c1ccccc1. The Hall–Kier alpha value is -2.55. The zero-order valence-corrected chi connectivity index (χ0v) is 9.67. The minimum Gasteiger partial charge on any atom is -0.286 e. The molecule has 0 bridgehead atoms. The molecule has 1 aromatic carbocycles. The first-order chi connectivity index (χ1) is 8.74. The Kier molecular flexibility index (Phi) is 3.44. The molecule has 0 saturated carbocycles. The van der Waals surface area contributed by atoms with Gasteiger partial charge in [0.25, 0.3) is 0 Å². The highest BCUT2D eigenvalue weighted by Crippen LogP contribution is 2.22. The topological polar surface area (TPSA) is 47.0 Å². The van der Waals surface area contributed by atoms with E-state index < -0.39 is 11.6 Å². The van der Waals surface area contributed by atoms with Crippen LogP contribution in [0.3, 0.4) is 0 Å². The summed E-state index contributed by atoms with van der Waals surface area (Å²) in [6, 6.07) is 10.9. The van der Waals surface area contributed by atoms with Crippen molar-refractivity contribution >= 4 is 11.6 Å². The van der Waals surface area contributed by atoms with Crippen LogP contribution in [0.5, 0.6) is 0 Å². The Balaban J connectivity index is 2.54. The number of benzene rings is 1. The smallest absolute Gasteiger partial charge is 0.233 e. The van der Waals surface area contributed by atoms with Crippen LogP contribution < -0.4 is 0 Å². The third-order valence-corrected chi connectivity index (χ3v) is 2.56. The molecule has 0 atom stereocenters. The lowest BCUT2D eigenvalue weighted by Gasteiger charge is -2.06. The van der Waals surface area contributed by atoms with Crippen LogP contribution in [-0.4, -0.2) is 16.6 Å². The molecule has 88 valence electrons. The van der Waals surface area contributed by atoms with E-state index in [1.54, 1.807) is 12.3 Å². The third kappa shape index (κ3) is 2.25. The van der Waals surface area contributed by atoms with Crippen molar-refractivity contribution in [2.24, 2.45) is 0 Å². The Labute approximate surface area is 105 Å².